The molecular formula is C17H22N2O. The van der Waals surface area contributed by atoms with Crippen molar-refractivity contribution in [3.63, 3.8) is 0 Å². The van der Waals surface area contributed by atoms with Crippen LogP contribution < -0.4 is 15.8 Å². The van der Waals surface area contributed by atoms with Crippen LogP contribution >= 0.6 is 0 Å². The minimum Gasteiger partial charge on any atom is -0.496 e. The highest BCUT2D eigenvalue weighted by atomic mass is 16.5. The highest BCUT2D eigenvalue weighted by molar-refractivity contribution is 5.91. The fraction of sp³-hybridized carbons (Fsp3) is 0.294. The van der Waals surface area contributed by atoms with E-state index in [0.717, 1.165) is 24.1 Å². The van der Waals surface area contributed by atoms with E-state index in [4.69, 9.17) is 10.5 Å². The first kappa shape index (κ1) is 14.6. The van der Waals surface area contributed by atoms with Crippen LogP contribution in [0.1, 0.15) is 18.0 Å². The largest absolute Gasteiger partial charge is 0.496 e. The van der Waals surface area contributed by atoms with E-state index in [2.05, 4.69) is 30.1 Å². The summed E-state index contributed by atoms with van der Waals surface area (Å²) >= 11 is 0. The van der Waals surface area contributed by atoms with Gasteiger partial charge in [-0.1, -0.05) is 36.4 Å². The van der Waals surface area contributed by atoms with Crippen LogP contribution in [0.2, 0.25) is 0 Å². The Bertz CT molecular complexity index is 580. The molecule has 3 heteroatoms. The lowest BCUT2D eigenvalue weighted by Gasteiger charge is -2.20. The molecule has 0 radical (unpaired) electrons. The number of benzene rings is 2. The van der Waals surface area contributed by atoms with Crippen LogP contribution in [0.15, 0.2) is 49.1 Å². The van der Waals surface area contributed by atoms with Gasteiger partial charge in [-0.3, -0.25) is 0 Å². The maximum Gasteiger partial charge on any atom is 0.126 e. The van der Waals surface area contributed by atoms with Gasteiger partial charge < -0.3 is 15.8 Å². The molecule has 1 unspecified atom stereocenters. The molecule has 0 saturated carbocycles. The molecule has 2 rings (SSSR count). The van der Waals surface area contributed by atoms with Crippen molar-refractivity contribution >= 4 is 10.8 Å². The van der Waals surface area contributed by atoms with Crippen LogP contribution in [0, 0.1) is 0 Å². The molecule has 20 heavy (non-hydrogen) atoms. The van der Waals surface area contributed by atoms with E-state index < -0.39 is 0 Å². The topological polar surface area (TPSA) is 47.3 Å². The van der Waals surface area contributed by atoms with E-state index in [9.17, 15) is 0 Å². The number of hydrogen-bond donors (Lipinski definition) is 2. The molecule has 0 amide bonds. The Hall–Kier alpha value is -1.84. The van der Waals surface area contributed by atoms with Crippen LogP contribution in [0.25, 0.3) is 10.8 Å². The molecule has 0 aliphatic rings. The van der Waals surface area contributed by atoms with E-state index in [1.165, 1.54) is 10.9 Å². The second-order valence-electron chi connectivity index (χ2n) is 4.72. The van der Waals surface area contributed by atoms with Crippen LogP contribution in [-0.2, 0) is 0 Å². The first-order valence-electron chi connectivity index (χ1n) is 6.91. The molecule has 0 aromatic heterocycles. The lowest BCUT2D eigenvalue weighted by Crippen LogP contribution is -2.29. The summed E-state index contributed by atoms with van der Waals surface area (Å²) in [5, 5.41) is 5.79. The Labute approximate surface area is 120 Å². The summed E-state index contributed by atoms with van der Waals surface area (Å²) in [6.07, 6.45) is 2.84. The molecule has 3 N–H and O–H groups in total. The predicted octanol–water partition coefficient (Wildman–Crippen LogP) is 3.01. The smallest absolute Gasteiger partial charge is 0.126 e. The van der Waals surface area contributed by atoms with Gasteiger partial charge in [-0.05, 0) is 30.0 Å². The molecule has 0 fully saturated rings. The fourth-order valence-corrected chi connectivity index (χ4v) is 2.46. The van der Waals surface area contributed by atoms with Crippen molar-refractivity contribution in [2.45, 2.75) is 12.5 Å². The SMILES string of the molecule is C=CCCNC(CN)c1ccc(OC)c2ccccc12. The van der Waals surface area contributed by atoms with E-state index in [1.807, 2.05) is 24.3 Å². The van der Waals surface area contributed by atoms with Gasteiger partial charge in [-0.25, -0.2) is 0 Å². The van der Waals surface area contributed by atoms with Crippen molar-refractivity contribution in [1.29, 1.82) is 0 Å². The number of methoxy groups -OCH3 is 1. The summed E-state index contributed by atoms with van der Waals surface area (Å²) in [7, 11) is 1.70. The minimum atomic E-state index is 0.144. The van der Waals surface area contributed by atoms with Gasteiger partial charge in [0.25, 0.3) is 0 Å². The number of rotatable bonds is 7. The fourth-order valence-electron chi connectivity index (χ4n) is 2.46. The van der Waals surface area contributed by atoms with Gasteiger partial charge in [0.1, 0.15) is 5.75 Å². The van der Waals surface area contributed by atoms with Crippen LogP contribution in [0.5, 0.6) is 5.75 Å². The van der Waals surface area contributed by atoms with Crippen LogP contribution in [0.4, 0.5) is 0 Å². The van der Waals surface area contributed by atoms with E-state index in [1.54, 1.807) is 7.11 Å². The van der Waals surface area contributed by atoms with Crippen molar-refractivity contribution in [3.8, 4) is 5.75 Å². The first-order valence-corrected chi connectivity index (χ1v) is 6.91. The number of ether oxygens (including phenoxy) is 1. The maximum absolute atomic E-state index is 5.93. The first-order chi connectivity index (χ1) is 9.81. The van der Waals surface area contributed by atoms with Crippen molar-refractivity contribution in [2.24, 2.45) is 5.73 Å². The molecule has 2 aromatic carbocycles. The minimum absolute atomic E-state index is 0.144. The average molecular weight is 270 g/mol. The quantitative estimate of drug-likeness (QED) is 0.600. The average Bonchev–Trinajstić information content (AvgIpc) is 2.51. The molecular weight excluding hydrogens is 248 g/mol. The highest BCUT2D eigenvalue weighted by Crippen LogP contribution is 2.31. The summed E-state index contributed by atoms with van der Waals surface area (Å²) in [6, 6.07) is 12.5. The van der Waals surface area contributed by atoms with Crippen molar-refractivity contribution in [1.82, 2.24) is 5.32 Å². The van der Waals surface area contributed by atoms with Crippen molar-refractivity contribution in [2.75, 3.05) is 20.2 Å². The molecule has 3 nitrogen and oxygen atoms in total. The number of nitrogens with two attached hydrogens (primary N) is 1. The van der Waals surface area contributed by atoms with Gasteiger partial charge in [0.15, 0.2) is 0 Å². The Morgan fingerprint density at radius 1 is 1.25 bits per heavy atom. The Kier molecular flexibility index (Phi) is 5.16. The van der Waals surface area contributed by atoms with Gasteiger partial charge in [0, 0.05) is 18.0 Å². The van der Waals surface area contributed by atoms with Crippen molar-refractivity contribution < 1.29 is 4.74 Å². The molecule has 0 bridgehead atoms. The molecule has 1 atom stereocenters. The summed E-state index contributed by atoms with van der Waals surface area (Å²) < 4.78 is 5.43. The van der Waals surface area contributed by atoms with Crippen LogP contribution in [0.3, 0.4) is 0 Å². The summed E-state index contributed by atoms with van der Waals surface area (Å²) in [5.74, 6) is 0.895. The molecule has 2 aromatic rings. The molecule has 0 heterocycles. The zero-order chi connectivity index (χ0) is 14.4. The number of nitrogens with one attached hydrogen (secondary N) is 1. The second-order valence-corrected chi connectivity index (χ2v) is 4.72. The second kappa shape index (κ2) is 7.08. The Balaban J connectivity index is 2.40. The summed E-state index contributed by atoms with van der Waals surface area (Å²) in [4.78, 5) is 0. The van der Waals surface area contributed by atoms with Gasteiger partial charge in [0.05, 0.1) is 7.11 Å². The summed E-state index contributed by atoms with van der Waals surface area (Å²) in [5.41, 5.74) is 7.14. The van der Waals surface area contributed by atoms with Crippen LogP contribution in [-0.4, -0.2) is 20.2 Å². The normalized spacial score (nSPS) is 12.3. The van der Waals surface area contributed by atoms with Gasteiger partial charge in [-0.2, -0.15) is 0 Å². The van der Waals surface area contributed by atoms with Crippen molar-refractivity contribution in [3.05, 3.63) is 54.6 Å². The van der Waals surface area contributed by atoms with E-state index in [-0.39, 0.29) is 6.04 Å². The number of hydrogen-bond acceptors (Lipinski definition) is 3. The Morgan fingerprint density at radius 3 is 2.65 bits per heavy atom. The highest BCUT2D eigenvalue weighted by Gasteiger charge is 2.13. The third-order valence-electron chi connectivity index (χ3n) is 3.49. The monoisotopic (exact) mass is 270 g/mol. The molecule has 0 aliphatic carbocycles. The zero-order valence-corrected chi connectivity index (χ0v) is 11.9. The van der Waals surface area contributed by atoms with E-state index in [0.29, 0.717) is 6.54 Å². The molecule has 0 aliphatic heterocycles. The van der Waals surface area contributed by atoms with E-state index >= 15 is 0 Å². The maximum atomic E-state index is 5.93. The third-order valence-corrected chi connectivity index (χ3v) is 3.49. The lowest BCUT2D eigenvalue weighted by atomic mass is 9.98. The standard InChI is InChI=1S/C17H22N2O/c1-3-4-11-19-16(12-18)14-9-10-17(20-2)15-8-6-5-7-13(14)15/h3,5-10,16,19H,1,4,11-12,18H2,2H3. The predicted molar refractivity (Wildman–Crippen MR) is 85.1 cm³/mol. The third kappa shape index (κ3) is 3.00. The lowest BCUT2D eigenvalue weighted by molar-refractivity contribution is 0.419. The van der Waals surface area contributed by atoms with Gasteiger partial charge in [0.2, 0.25) is 0 Å². The van der Waals surface area contributed by atoms with Gasteiger partial charge >= 0.3 is 0 Å². The van der Waals surface area contributed by atoms with Gasteiger partial charge in [-0.15, -0.1) is 6.58 Å². The molecule has 106 valence electrons. The molecule has 0 spiro atoms. The Morgan fingerprint density at radius 2 is 2.00 bits per heavy atom. The zero-order valence-electron chi connectivity index (χ0n) is 11.9. The molecule has 0 saturated heterocycles. The number of fused-ring (bicyclic) bond motifs is 1. The summed E-state index contributed by atoms with van der Waals surface area (Å²) in [6.45, 7) is 5.18.